The number of rotatable bonds is 2. The first-order chi connectivity index (χ1) is 14.3. The van der Waals surface area contributed by atoms with E-state index in [2.05, 4.69) is 10.1 Å². The minimum Gasteiger partial charge on any atom is -0.453 e. The van der Waals surface area contributed by atoms with Gasteiger partial charge in [-0.25, -0.2) is 14.3 Å². The summed E-state index contributed by atoms with van der Waals surface area (Å²) in [5.41, 5.74) is 2.28. The lowest BCUT2D eigenvalue weighted by Crippen LogP contribution is -2.42. The van der Waals surface area contributed by atoms with Gasteiger partial charge >= 0.3 is 12.3 Å². The number of nitrogens with zero attached hydrogens (tertiary/aromatic N) is 4. The van der Waals surface area contributed by atoms with Gasteiger partial charge in [0, 0.05) is 23.9 Å². The van der Waals surface area contributed by atoms with Crippen molar-refractivity contribution in [2.24, 2.45) is 0 Å². The summed E-state index contributed by atoms with van der Waals surface area (Å²) in [5.74, 6) is 0. The van der Waals surface area contributed by atoms with Gasteiger partial charge < -0.3 is 14.4 Å². The molecule has 0 spiro atoms. The molecule has 0 radical (unpaired) electrons. The predicted octanol–water partition coefficient (Wildman–Crippen LogP) is 3.86. The molecule has 0 aliphatic carbocycles. The second-order valence-electron chi connectivity index (χ2n) is 6.97. The maximum Gasteiger partial charge on any atom is 0.416 e. The van der Waals surface area contributed by atoms with Gasteiger partial charge in [0.05, 0.1) is 37.2 Å². The first-order valence-corrected chi connectivity index (χ1v) is 9.25. The topological polar surface area (TPSA) is 69.0 Å². The van der Waals surface area contributed by atoms with E-state index >= 15 is 0 Å². The maximum absolute atomic E-state index is 12.8. The van der Waals surface area contributed by atoms with Crippen LogP contribution in [0.5, 0.6) is 0 Å². The molecule has 3 aromatic rings. The minimum atomic E-state index is -4.40. The summed E-state index contributed by atoms with van der Waals surface area (Å²) in [7, 11) is 1.32. The zero-order valence-electron chi connectivity index (χ0n) is 16.3. The van der Waals surface area contributed by atoms with Gasteiger partial charge in [-0.1, -0.05) is 12.1 Å². The molecule has 1 aliphatic rings. The van der Waals surface area contributed by atoms with E-state index in [1.54, 1.807) is 15.5 Å². The van der Waals surface area contributed by atoms with E-state index in [1.165, 1.54) is 19.2 Å². The van der Waals surface area contributed by atoms with E-state index in [9.17, 15) is 18.0 Å². The second-order valence-corrected chi connectivity index (χ2v) is 6.97. The van der Waals surface area contributed by atoms with Crippen LogP contribution in [0.1, 0.15) is 23.1 Å². The predicted molar refractivity (Wildman–Crippen MR) is 101 cm³/mol. The number of alkyl halides is 3. The molecule has 1 fully saturated rings. The number of hydrogen-bond donors (Lipinski definition) is 0. The molecule has 1 amide bonds. The number of amides is 1. The van der Waals surface area contributed by atoms with E-state index in [-0.39, 0.29) is 0 Å². The van der Waals surface area contributed by atoms with Crippen LogP contribution in [-0.4, -0.2) is 52.4 Å². The van der Waals surface area contributed by atoms with Crippen molar-refractivity contribution in [2.75, 3.05) is 26.8 Å². The Kier molecular flexibility index (Phi) is 5.10. The Hall–Kier alpha value is -3.14. The van der Waals surface area contributed by atoms with Crippen molar-refractivity contribution in [3.05, 3.63) is 53.3 Å². The highest BCUT2D eigenvalue weighted by Gasteiger charge is 2.30. The van der Waals surface area contributed by atoms with Crippen molar-refractivity contribution < 1.29 is 27.4 Å². The van der Waals surface area contributed by atoms with Crippen molar-refractivity contribution >= 4 is 11.7 Å². The monoisotopic (exact) mass is 420 g/mol. The van der Waals surface area contributed by atoms with Gasteiger partial charge in [-0.05, 0) is 25.1 Å². The quantitative estimate of drug-likeness (QED) is 0.630. The van der Waals surface area contributed by atoms with Crippen LogP contribution in [0.2, 0.25) is 0 Å². The highest BCUT2D eigenvalue weighted by atomic mass is 19.4. The molecule has 4 rings (SSSR count). The van der Waals surface area contributed by atoms with E-state index < -0.39 is 23.9 Å². The van der Waals surface area contributed by atoms with Gasteiger partial charge in [0.2, 0.25) is 0 Å². The maximum atomic E-state index is 12.8. The molecule has 1 aliphatic heterocycles. The average Bonchev–Trinajstić information content (AvgIpc) is 3.16. The van der Waals surface area contributed by atoms with Crippen molar-refractivity contribution in [2.45, 2.75) is 19.2 Å². The van der Waals surface area contributed by atoms with Gasteiger partial charge in [0.1, 0.15) is 6.10 Å². The summed E-state index contributed by atoms with van der Waals surface area (Å²) in [6, 6.07) is 8.34. The number of carbonyl (C=O) groups excluding carboxylic acids is 1. The molecular formula is C20H19F3N4O3. The minimum absolute atomic E-state index is 0.292. The number of methoxy groups -OCH3 is 1. The molecule has 1 saturated heterocycles. The summed E-state index contributed by atoms with van der Waals surface area (Å²) in [6.45, 7) is 2.89. The molecule has 0 saturated carbocycles. The molecule has 1 aromatic carbocycles. The van der Waals surface area contributed by atoms with Crippen molar-refractivity contribution in [1.82, 2.24) is 19.5 Å². The summed E-state index contributed by atoms with van der Waals surface area (Å²) >= 11 is 0. The Bertz CT molecular complexity index is 1080. The van der Waals surface area contributed by atoms with Gasteiger partial charge in [0.15, 0.2) is 5.65 Å². The number of hydrogen-bond acceptors (Lipinski definition) is 5. The number of carbonyl (C=O) groups is 1. The van der Waals surface area contributed by atoms with E-state index in [0.29, 0.717) is 42.3 Å². The SMILES string of the molecule is COC(=O)N1CCO[C@H](c2cc(C)nc3cc(-c4ccc(C(F)(F)F)cc4)nn23)C1. The van der Waals surface area contributed by atoms with Crippen LogP contribution in [0, 0.1) is 6.92 Å². The molecule has 1 atom stereocenters. The number of ether oxygens (including phenoxy) is 2. The summed E-state index contributed by atoms with van der Waals surface area (Å²) in [4.78, 5) is 17.9. The Morgan fingerprint density at radius 1 is 1.23 bits per heavy atom. The number of aromatic nitrogens is 3. The third-order valence-corrected chi connectivity index (χ3v) is 4.92. The summed E-state index contributed by atoms with van der Waals surface area (Å²) in [6.07, 6.45) is -5.27. The fraction of sp³-hybridized carbons (Fsp3) is 0.350. The fourth-order valence-corrected chi connectivity index (χ4v) is 3.45. The van der Waals surface area contributed by atoms with Gasteiger partial charge in [0.25, 0.3) is 0 Å². The molecule has 7 nitrogen and oxygen atoms in total. The molecule has 0 N–H and O–H groups in total. The van der Waals surface area contributed by atoms with Crippen molar-refractivity contribution in [1.29, 1.82) is 0 Å². The normalized spacial score (nSPS) is 17.4. The Balaban J connectivity index is 1.71. The Morgan fingerprint density at radius 2 is 1.97 bits per heavy atom. The molecule has 158 valence electrons. The lowest BCUT2D eigenvalue weighted by atomic mass is 10.1. The van der Waals surface area contributed by atoms with Crippen molar-refractivity contribution in [3.63, 3.8) is 0 Å². The molecule has 10 heteroatoms. The summed E-state index contributed by atoms with van der Waals surface area (Å²) in [5, 5.41) is 4.54. The molecular weight excluding hydrogens is 401 g/mol. The number of benzene rings is 1. The average molecular weight is 420 g/mol. The van der Waals surface area contributed by atoms with Crippen LogP contribution >= 0.6 is 0 Å². The number of fused-ring (bicyclic) bond motifs is 1. The van der Waals surface area contributed by atoms with E-state index in [4.69, 9.17) is 9.47 Å². The van der Waals surface area contributed by atoms with Crippen molar-refractivity contribution in [3.8, 4) is 11.3 Å². The van der Waals surface area contributed by atoms with Crippen LogP contribution in [0.25, 0.3) is 16.9 Å². The van der Waals surface area contributed by atoms with E-state index in [1.807, 2.05) is 13.0 Å². The van der Waals surface area contributed by atoms with Gasteiger partial charge in [-0.3, -0.25) is 0 Å². The fourth-order valence-electron chi connectivity index (χ4n) is 3.45. The second kappa shape index (κ2) is 7.60. The third-order valence-electron chi connectivity index (χ3n) is 4.92. The van der Waals surface area contributed by atoms with Crippen LogP contribution in [-0.2, 0) is 15.7 Å². The van der Waals surface area contributed by atoms with Crippen LogP contribution in [0.15, 0.2) is 36.4 Å². The molecule has 0 bridgehead atoms. The Labute approximate surface area is 170 Å². The molecule has 3 heterocycles. The number of morpholine rings is 1. The highest BCUT2D eigenvalue weighted by molar-refractivity contribution is 5.67. The van der Waals surface area contributed by atoms with Crippen LogP contribution < -0.4 is 0 Å². The van der Waals surface area contributed by atoms with Crippen LogP contribution in [0.4, 0.5) is 18.0 Å². The standard InChI is InChI=1S/C20H19F3N4O3/c1-12-9-16(17-11-26(7-8-30-17)19(28)29-2)27-18(24-12)10-15(25-27)13-3-5-14(6-4-13)20(21,22)23/h3-6,9-10,17H,7-8,11H2,1-2H3/t17-/m0/s1. The molecule has 0 unspecified atom stereocenters. The Morgan fingerprint density at radius 3 is 2.63 bits per heavy atom. The lowest BCUT2D eigenvalue weighted by Gasteiger charge is -2.32. The number of aryl methyl sites for hydroxylation is 1. The largest absolute Gasteiger partial charge is 0.453 e. The third kappa shape index (κ3) is 3.82. The lowest BCUT2D eigenvalue weighted by molar-refractivity contribution is -0.137. The van der Waals surface area contributed by atoms with E-state index in [0.717, 1.165) is 17.8 Å². The first kappa shape index (κ1) is 20.1. The van der Waals surface area contributed by atoms with Gasteiger partial charge in [-0.15, -0.1) is 0 Å². The molecule has 2 aromatic heterocycles. The zero-order chi connectivity index (χ0) is 21.5. The van der Waals surface area contributed by atoms with Gasteiger partial charge in [-0.2, -0.15) is 18.3 Å². The number of halogens is 3. The first-order valence-electron chi connectivity index (χ1n) is 9.25. The highest BCUT2D eigenvalue weighted by Crippen LogP contribution is 2.31. The van der Waals surface area contributed by atoms with Crippen LogP contribution in [0.3, 0.4) is 0 Å². The molecule has 30 heavy (non-hydrogen) atoms. The summed E-state index contributed by atoms with van der Waals surface area (Å²) < 4.78 is 50.7. The zero-order valence-corrected chi connectivity index (χ0v) is 16.3. The smallest absolute Gasteiger partial charge is 0.416 e.